The number of benzene rings is 1. The van der Waals surface area contributed by atoms with Gasteiger partial charge in [0.05, 0.1) is 7.11 Å². The number of carboxylic acids is 1. The molecule has 1 rings (SSSR count). The number of carboxylic acid groups (broad SMARTS) is 1. The lowest BCUT2D eigenvalue weighted by Crippen LogP contribution is -2.02. The Morgan fingerprint density at radius 2 is 2.14 bits per heavy atom. The van der Waals surface area contributed by atoms with Gasteiger partial charge in [-0.05, 0) is 12.5 Å². The van der Waals surface area contributed by atoms with Gasteiger partial charge in [-0.25, -0.2) is 4.79 Å². The number of aromatic carboxylic acids is 1. The lowest BCUT2D eigenvalue weighted by Gasteiger charge is -2.10. The molecule has 0 radical (unpaired) electrons. The Labute approximate surface area is 85.7 Å². The molecule has 14 heavy (non-hydrogen) atoms. The molecule has 5 heteroatoms. The van der Waals surface area contributed by atoms with Crippen molar-refractivity contribution in [2.75, 3.05) is 7.11 Å². The van der Waals surface area contributed by atoms with Gasteiger partial charge in [-0.1, -0.05) is 11.6 Å². The van der Waals surface area contributed by atoms with Crippen molar-refractivity contribution in [2.45, 2.75) is 6.92 Å². The fourth-order valence-electron chi connectivity index (χ4n) is 1.13. The zero-order valence-electron chi connectivity index (χ0n) is 7.67. The van der Waals surface area contributed by atoms with Gasteiger partial charge in [0.15, 0.2) is 11.5 Å². The Morgan fingerprint density at radius 1 is 1.57 bits per heavy atom. The molecule has 1 aromatic rings. The van der Waals surface area contributed by atoms with Crippen molar-refractivity contribution in [1.29, 1.82) is 0 Å². The molecule has 0 fully saturated rings. The highest BCUT2D eigenvalue weighted by molar-refractivity contribution is 6.32. The summed E-state index contributed by atoms with van der Waals surface area (Å²) in [4.78, 5) is 10.8. The first kappa shape index (κ1) is 10.7. The zero-order chi connectivity index (χ0) is 10.9. The van der Waals surface area contributed by atoms with Gasteiger partial charge in [0.1, 0.15) is 5.56 Å². The van der Waals surface area contributed by atoms with E-state index in [2.05, 4.69) is 0 Å². The minimum atomic E-state index is -1.24. The van der Waals surface area contributed by atoms with E-state index in [0.29, 0.717) is 5.56 Å². The number of aromatic hydroxyl groups is 1. The smallest absolute Gasteiger partial charge is 0.339 e. The highest BCUT2D eigenvalue weighted by atomic mass is 35.5. The third-order valence-corrected chi connectivity index (χ3v) is 2.29. The van der Waals surface area contributed by atoms with Crippen molar-refractivity contribution < 1.29 is 19.7 Å². The number of carbonyl (C=O) groups is 1. The van der Waals surface area contributed by atoms with Gasteiger partial charge in [0, 0.05) is 11.1 Å². The monoisotopic (exact) mass is 216 g/mol. The highest BCUT2D eigenvalue weighted by Gasteiger charge is 2.19. The van der Waals surface area contributed by atoms with E-state index in [1.807, 2.05) is 0 Å². The first-order valence-corrected chi connectivity index (χ1v) is 4.16. The molecule has 0 aliphatic carbocycles. The van der Waals surface area contributed by atoms with Crippen molar-refractivity contribution in [3.05, 3.63) is 22.2 Å². The number of phenols is 1. The molecule has 0 aliphatic heterocycles. The molecule has 0 saturated carbocycles. The molecule has 4 nitrogen and oxygen atoms in total. The van der Waals surface area contributed by atoms with Crippen LogP contribution in [0.1, 0.15) is 15.9 Å². The molecule has 0 unspecified atom stereocenters. The molecular weight excluding hydrogens is 208 g/mol. The fourth-order valence-corrected chi connectivity index (χ4v) is 1.32. The molecule has 0 heterocycles. The molecular formula is C9H9ClO4. The second kappa shape index (κ2) is 3.75. The molecule has 0 atom stereocenters. The fraction of sp³-hybridized carbons (Fsp3) is 0.222. The van der Waals surface area contributed by atoms with Gasteiger partial charge in [0.2, 0.25) is 0 Å². The second-order valence-corrected chi connectivity index (χ2v) is 3.12. The Bertz CT molecular complexity index is 387. The number of hydrogen-bond acceptors (Lipinski definition) is 3. The number of rotatable bonds is 2. The molecule has 1 aromatic carbocycles. The summed E-state index contributed by atoms with van der Waals surface area (Å²) in [5.74, 6) is -1.58. The van der Waals surface area contributed by atoms with E-state index in [9.17, 15) is 9.90 Å². The van der Waals surface area contributed by atoms with Crippen LogP contribution in [-0.4, -0.2) is 23.3 Å². The summed E-state index contributed by atoms with van der Waals surface area (Å²) in [6.07, 6.45) is 0. The first-order valence-electron chi connectivity index (χ1n) is 3.78. The maximum absolute atomic E-state index is 10.8. The lowest BCUT2D eigenvalue weighted by atomic mass is 10.1. The average molecular weight is 217 g/mol. The van der Waals surface area contributed by atoms with Crippen molar-refractivity contribution in [2.24, 2.45) is 0 Å². The molecule has 0 saturated heterocycles. The molecule has 0 aliphatic rings. The van der Waals surface area contributed by atoms with Crippen LogP contribution in [0, 0.1) is 6.92 Å². The van der Waals surface area contributed by atoms with Crippen molar-refractivity contribution in [3.8, 4) is 11.5 Å². The lowest BCUT2D eigenvalue weighted by molar-refractivity contribution is 0.0692. The van der Waals surface area contributed by atoms with Crippen LogP contribution in [0.4, 0.5) is 0 Å². The van der Waals surface area contributed by atoms with Crippen molar-refractivity contribution >= 4 is 17.6 Å². The van der Waals surface area contributed by atoms with Crippen molar-refractivity contribution in [1.82, 2.24) is 0 Å². The number of methoxy groups -OCH3 is 1. The minimum Gasteiger partial charge on any atom is -0.504 e. The Kier molecular flexibility index (Phi) is 2.86. The maximum atomic E-state index is 10.8. The Morgan fingerprint density at radius 3 is 2.57 bits per heavy atom. The van der Waals surface area contributed by atoms with Gasteiger partial charge in [-0.3, -0.25) is 0 Å². The van der Waals surface area contributed by atoms with Gasteiger partial charge in [-0.15, -0.1) is 0 Å². The van der Waals surface area contributed by atoms with Crippen LogP contribution in [0.25, 0.3) is 0 Å². The van der Waals surface area contributed by atoms with Crippen LogP contribution < -0.4 is 4.74 Å². The Hall–Kier alpha value is -1.42. The van der Waals surface area contributed by atoms with Crippen LogP contribution in [0.15, 0.2) is 6.07 Å². The summed E-state index contributed by atoms with van der Waals surface area (Å²) in [7, 11) is 1.33. The number of halogens is 1. The molecule has 76 valence electrons. The average Bonchev–Trinajstić information content (AvgIpc) is 2.11. The van der Waals surface area contributed by atoms with E-state index in [4.69, 9.17) is 21.4 Å². The molecule has 0 bridgehead atoms. The third-order valence-electron chi connectivity index (χ3n) is 1.90. The quantitative estimate of drug-likeness (QED) is 0.794. The summed E-state index contributed by atoms with van der Waals surface area (Å²) < 4.78 is 4.77. The topological polar surface area (TPSA) is 66.8 Å². The van der Waals surface area contributed by atoms with Crippen LogP contribution in [-0.2, 0) is 0 Å². The minimum absolute atomic E-state index is 0.0537. The SMILES string of the molecule is COc1cc(Cl)c(C)c(C(=O)O)c1O. The van der Waals surface area contributed by atoms with Crippen molar-refractivity contribution in [3.63, 3.8) is 0 Å². The van der Waals surface area contributed by atoms with E-state index in [0.717, 1.165) is 0 Å². The predicted molar refractivity (Wildman–Crippen MR) is 51.4 cm³/mol. The number of hydrogen-bond donors (Lipinski definition) is 2. The predicted octanol–water partition coefficient (Wildman–Crippen LogP) is 2.06. The van der Waals surface area contributed by atoms with Gasteiger partial charge >= 0.3 is 5.97 Å². The van der Waals surface area contributed by atoms with E-state index in [-0.39, 0.29) is 16.3 Å². The van der Waals surface area contributed by atoms with Crippen LogP contribution in [0.2, 0.25) is 5.02 Å². The van der Waals surface area contributed by atoms with Crippen LogP contribution in [0.3, 0.4) is 0 Å². The largest absolute Gasteiger partial charge is 0.504 e. The van der Waals surface area contributed by atoms with E-state index < -0.39 is 11.7 Å². The summed E-state index contributed by atoms with van der Waals surface area (Å²) in [6, 6.07) is 1.37. The molecule has 0 spiro atoms. The maximum Gasteiger partial charge on any atom is 0.339 e. The van der Waals surface area contributed by atoms with Crippen LogP contribution >= 0.6 is 11.6 Å². The second-order valence-electron chi connectivity index (χ2n) is 2.71. The third kappa shape index (κ3) is 1.61. The summed E-state index contributed by atoms with van der Waals surface area (Å²) in [6.45, 7) is 1.52. The zero-order valence-corrected chi connectivity index (χ0v) is 8.42. The standard InChI is InChI=1S/C9H9ClO4/c1-4-5(10)3-6(14-2)8(11)7(4)9(12)13/h3,11H,1-2H3,(H,12,13). The van der Waals surface area contributed by atoms with Crippen LogP contribution in [0.5, 0.6) is 11.5 Å². The number of ether oxygens (including phenoxy) is 1. The first-order chi connectivity index (χ1) is 6.49. The van der Waals surface area contributed by atoms with E-state index in [1.54, 1.807) is 0 Å². The van der Waals surface area contributed by atoms with Gasteiger partial charge in [0.25, 0.3) is 0 Å². The summed E-state index contributed by atoms with van der Waals surface area (Å²) >= 11 is 5.76. The van der Waals surface area contributed by atoms with E-state index >= 15 is 0 Å². The highest BCUT2D eigenvalue weighted by Crippen LogP contribution is 2.36. The molecule has 2 N–H and O–H groups in total. The van der Waals surface area contributed by atoms with E-state index in [1.165, 1.54) is 20.1 Å². The normalized spacial score (nSPS) is 9.93. The molecule has 0 amide bonds. The molecule has 0 aromatic heterocycles. The summed E-state index contributed by atoms with van der Waals surface area (Å²) in [5.41, 5.74) is 0.0896. The van der Waals surface area contributed by atoms with Gasteiger partial charge < -0.3 is 14.9 Å². The van der Waals surface area contributed by atoms with Gasteiger partial charge in [-0.2, -0.15) is 0 Å². The Balaban J connectivity index is 3.53. The summed E-state index contributed by atoms with van der Waals surface area (Å²) in [5, 5.41) is 18.6.